The van der Waals surface area contributed by atoms with Crippen LogP contribution in [0.25, 0.3) is 0 Å². The topological polar surface area (TPSA) is 41.6 Å². The van der Waals surface area contributed by atoms with Crippen molar-refractivity contribution in [2.24, 2.45) is 5.92 Å². The molecule has 17 heavy (non-hydrogen) atoms. The predicted octanol–water partition coefficient (Wildman–Crippen LogP) is 0.386. The number of nitrogens with zero attached hydrogens (tertiary/aromatic N) is 1. The zero-order chi connectivity index (χ0) is 12.5. The van der Waals surface area contributed by atoms with Crippen LogP contribution in [0.1, 0.15) is 6.42 Å². The molecule has 0 aromatic rings. The van der Waals surface area contributed by atoms with Crippen LogP contribution in [0.4, 0.5) is 13.2 Å². The highest BCUT2D eigenvalue weighted by atomic mass is 19.4. The molecule has 2 heterocycles. The lowest BCUT2D eigenvalue weighted by Crippen LogP contribution is -2.60. The number of alkyl halides is 3. The van der Waals surface area contributed by atoms with E-state index in [2.05, 4.69) is 5.32 Å². The Morgan fingerprint density at radius 1 is 1.47 bits per heavy atom. The monoisotopic (exact) mass is 252 g/mol. The van der Waals surface area contributed by atoms with Gasteiger partial charge in [-0.1, -0.05) is 0 Å². The molecule has 0 radical (unpaired) electrons. The summed E-state index contributed by atoms with van der Waals surface area (Å²) in [5.41, 5.74) is 0. The van der Waals surface area contributed by atoms with E-state index in [0.29, 0.717) is 13.2 Å². The second kappa shape index (κ2) is 4.81. The van der Waals surface area contributed by atoms with Crippen LogP contribution in [0.15, 0.2) is 0 Å². The van der Waals surface area contributed by atoms with E-state index < -0.39 is 12.2 Å². The van der Waals surface area contributed by atoms with Crippen molar-refractivity contribution in [3.8, 4) is 0 Å². The Hall–Kier alpha value is -0.820. The van der Waals surface area contributed by atoms with Crippen molar-refractivity contribution in [3.63, 3.8) is 0 Å². The standard InChI is InChI=1S/C10H15F3N2O2/c11-10(12,13)8-3-14-9(16)5-15(8)4-7-1-2-17-6-7/h7-8H,1-6H2,(H,14,16). The fourth-order valence-electron chi connectivity index (χ4n) is 2.26. The fourth-order valence-corrected chi connectivity index (χ4v) is 2.26. The van der Waals surface area contributed by atoms with Gasteiger partial charge in [-0.15, -0.1) is 0 Å². The Labute approximate surface area is 97.1 Å². The van der Waals surface area contributed by atoms with Crippen molar-refractivity contribution in [2.75, 3.05) is 32.8 Å². The van der Waals surface area contributed by atoms with Crippen molar-refractivity contribution in [1.82, 2.24) is 10.2 Å². The van der Waals surface area contributed by atoms with Gasteiger partial charge in [0, 0.05) is 19.7 Å². The lowest BCUT2D eigenvalue weighted by Gasteiger charge is -2.37. The summed E-state index contributed by atoms with van der Waals surface area (Å²) in [5, 5.41) is 2.26. The van der Waals surface area contributed by atoms with Crippen molar-refractivity contribution in [3.05, 3.63) is 0 Å². The first kappa shape index (κ1) is 12.6. The molecular weight excluding hydrogens is 237 g/mol. The molecule has 98 valence electrons. The lowest BCUT2D eigenvalue weighted by molar-refractivity contribution is -0.190. The number of carbonyl (C=O) groups excluding carboxylic acids is 1. The maximum atomic E-state index is 12.8. The number of nitrogens with one attached hydrogen (secondary N) is 1. The Balaban J connectivity index is 2.00. The van der Waals surface area contributed by atoms with Crippen LogP contribution >= 0.6 is 0 Å². The Bertz CT molecular complexity index is 290. The van der Waals surface area contributed by atoms with Crippen LogP contribution in [0.3, 0.4) is 0 Å². The van der Waals surface area contributed by atoms with Crippen LogP contribution in [-0.2, 0) is 9.53 Å². The molecule has 7 heteroatoms. The van der Waals surface area contributed by atoms with Gasteiger partial charge in [-0.2, -0.15) is 13.2 Å². The number of halogens is 3. The molecule has 2 saturated heterocycles. The quantitative estimate of drug-likeness (QED) is 0.772. The summed E-state index contributed by atoms with van der Waals surface area (Å²) in [6, 6.07) is -1.57. The minimum absolute atomic E-state index is 0.103. The van der Waals surface area contributed by atoms with Gasteiger partial charge in [-0.3, -0.25) is 9.69 Å². The van der Waals surface area contributed by atoms with Gasteiger partial charge in [0.2, 0.25) is 5.91 Å². The number of rotatable bonds is 2. The molecule has 2 fully saturated rings. The third-order valence-corrected chi connectivity index (χ3v) is 3.17. The second-order valence-electron chi connectivity index (χ2n) is 4.52. The van der Waals surface area contributed by atoms with Gasteiger partial charge in [0.1, 0.15) is 6.04 Å². The summed E-state index contributed by atoms with van der Waals surface area (Å²) in [6.45, 7) is 0.832. The number of amides is 1. The normalized spacial score (nSPS) is 31.6. The first-order valence-corrected chi connectivity index (χ1v) is 5.62. The Morgan fingerprint density at radius 3 is 2.82 bits per heavy atom. The highest BCUT2D eigenvalue weighted by Gasteiger charge is 2.46. The third-order valence-electron chi connectivity index (χ3n) is 3.17. The van der Waals surface area contributed by atoms with E-state index >= 15 is 0 Å². The fraction of sp³-hybridized carbons (Fsp3) is 0.900. The molecule has 0 aromatic heterocycles. The van der Waals surface area contributed by atoms with E-state index in [1.807, 2.05) is 0 Å². The highest BCUT2D eigenvalue weighted by molar-refractivity contribution is 5.78. The lowest BCUT2D eigenvalue weighted by atomic mass is 10.1. The molecule has 2 aliphatic rings. The number of hydrogen-bond donors (Lipinski definition) is 1. The van der Waals surface area contributed by atoms with Gasteiger partial charge in [0.15, 0.2) is 0 Å². The van der Waals surface area contributed by atoms with E-state index in [9.17, 15) is 18.0 Å². The minimum atomic E-state index is -4.30. The third kappa shape index (κ3) is 3.10. The molecule has 2 atom stereocenters. The molecule has 4 nitrogen and oxygen atoms in total. The summed E-state index contributed by atoms with van der Waals surface area (Å²) in [5.74, 6) is -0.241. The summed E-state index contributed by atoms with van der Waals surface area (Å²) < 4.78 is 43.4. The van der Waals surface area contributed by atoms with E-state index in [-0.39, 0.29) is 31.5 Å². The summed E-state index contributed by atoms with van der Waals surface area (Å²) in [4.78, 5) is 12.4. The molecular formula is C10H15F3N2O2. The minimum Gasteiger partial charge on any atom is -0.381 e. The van der Waals surface area contributed by atoms with Crippen LogP contribution in [0, 0.1) is 5.92 Å². The highest BCUT2D eigenvalue weighted by Crippen LogP contribution is 2.27. The predicted molar refractivity (Wildman–Crippen MR) is 53.4 cm³/mol. The van der Waals surface area contributed by atoms with Crippen molar-refractivity contribution < 1.29 is 22.7 Å². The van der Waals surface area contributed by atoms with Gasteiger partial charge in [0.05, 0.1) is 13.2 Å². The van der Waals surface area contributed by atoms with Gasteiger partial charge in [0.25, 0.3) is 0 Å². The van der Waals surface area contributed by atoms with Gasteiger partial charge >= 0.3 is 6.18 Å². The SMILES string of the molecule is O=C1CN(CC2CCOC2)C(C(F)(F)F)CN1. The van der Waals surface area contributed by atoms with Crippen LogP contribution in [0.2, 0.25) is 0 Å². The van der Waals surface area contributed by atoms with E-state index in [0.717, 1.165) is 6.42 Å². The second-order valence-corrected chi connectivity index (χ2v) is 4.52. The van der Waals surface area contributed by atoms with E-state index in [1.165, 1.54) is 4.90 Å². The molecule has 0 aliphatic carbocycles. The average molecular weight is 252 g/mol. The van der Waals surface area contributed by atoms with Crippen molar-refractivity contribution in [2.45, 2.75) is 18.6 Å². The first-order valence-electron chi connectivity index (χ1n) is 5.62. The number of carbonyl (C=O) groups is 1. The molecule has 1 amide bonds. The maximum Gasteiger partial charge on any atom is 0.405 e. The summed E-state index contributed by atoms with van der Waals surface area (Å²) in [6.07, 6.45) is -3.53. The zero-order valence-corrected chi connectivity index (χ0v) is 9.29. The first-order chi connectivity index (χ1) is 7.97. The van der Waals surface area contributed by atoms with Crippen molar-refractivity contribution in [1.29, 1.82) is 0 Å². The Morgan fingerprint density at radius 2 is 2.24 bits per heavy atom. The number of hydrogen-bond acceptors (Lipinski definition) is 3. The molecule has 1 N–H and O–H groups in total. The van der Waals surface area contributed by atoms with Crippen molar-refractivity contribution >= 4 is 5.91 Å². The average Bonchev–Trinajstić information content (AvgIpc) is 2.68. The van der Waals surface area contributed by atoms with Gasteiger partial charge in [-0.05, 0) is 12.3 Å². The Kier molecular flexibility index (Phi) is 3.58. The summed E-state index contributed by atoms with van der Waals surface area (Å²) in [7, 11) is 0. The van der Waals surface area contributed by atoms with Gasteiger partial charge < -0.3 is 10.1 Å². The molecule has 0 spiro atoms. The number of piperazine rings is 1. The molecule has 0 saturated carbocycles. The van der Waals surface area contributed by atoms with E-state index in [4.69, 9.17) is 4.74 Å². The maximum absolute atomic E-state index is 12.8. The smallest absolute Gasteiger partial charge is 0.381 e. The zero-order valence-electron chi connectivity index (χ0n) is 9.29. The molecule has 0 bridgehead atoms. The molecule has 2 aliphatic heterocycles. The molecule has 2 unspecified atom stereocenters. The summed E-state index contributed by atoms with van der Waals surface area (Å²) >= 11 is 0. The largest absolute Gasteiger partial charge is 0.405 e. The van der Waals surface area contributed by atoms with E-state index in [1.54, 1.807) is 0 Å². The van der Waals surface area contributed by atoms with Crippen LogP contribution in [-0.4, -0.2) is 55.9 Å². The number of ether oxygens (including phenoxy) is 1. The molecule has 2 rings (SSSR count). The van der Waals surface area contributed by atoms with Crippen LogP contribution < -0.4 is 5.32 Å². The van der Waals surface area contributed by atoms with Crippen LogP contribution in [0.5, 0.6) is 0 Å². The molecule has 0 aromatic carbocycles. The van der Waals surface area contributed by atoms with Gasteiger partial charge in [-0.25, -0.2) is 0 Å².